The molecule has 1 aliphatic rings. The van der Waals surface area contributed by atoms with E-state index >= 15 is 0 Å². The fourth-order valence-corrected chi connectivity index (χ4v) is 3.44. The van der Waals surface area contributed by atoms with Crippen molar-refractivity contribution in [3.8, 4) is 0 Å². The van der Waals surface area contributed by atoms with Gasteiger partial charge in [0.05, 0.1) is 12.6 Å². The Morgan fingerprint density at radius 2 is 2.32 bits per heavy atom. The molecule has 0 fully saturated rings. The molecule has 0 saturated heterocycles. The lowest BCUT2D eigenvalue weighted by atomic mass is 10.1. The highest BCUT2D eigenvalue weighted by molar-refractivity contribution is 5.92. The highest BCUT2D eigenvalue weighted by atomic mass is 16.5. The van der Waals surface area contributed by atoms with E-state index in [4.69, 9.17) is 4.74 Å². The molecule has 0 saturated carbocycles. The van der Waals surface area contributed by atoms with Crippen LogP contribution in [0.5, 0.6) is 0 Å². The van der Waals surface area contributed by atoms with Gasteiger partial charge in [-0.25, -0.2) is 0 Å². The lowest BCUT2D eigenvalue weighted by Crippen LogP contribution is -2.26. The summed E-state index contributed by atoms with van der Waals surface area (Å²) in [4.78, 5) is 15.6. The van der Waals surface area contributed by atoms with Crippen LogP contribution in [0, 0.1) is 6.92 Å². The van der Waals surface area contributed by atoms with Crippen LogP contribution >= 0.6 is 0 Å². The van der Waals surface area contributed by atoms with E-state index in [0.29, 0.717) is 18.8 Å². The molecule has 2 aromatic heterocycles. The fourth-order valence-electron chi connectivity index (χ4n) is 3.44. The minimum Gasteiger partial charge on any atom is -0.379 e. The lowest BCUT2D eigenvalue weighted by molar-refractivity contribution is 0.0936. The van der Waals surface area contributed by atoms with Gasteiger partial charge in [-0.1, -0.05) is 11.6 Å². The standard InChI is InChI=1S/C19H22N4O2/c1-12-3-4-17-16(7-12)13(10-21-17)5-6-20-19(24)18-9-14-8-15(25-2)11-23(14)22-18/h3-4,7,9-10,15,21H,5-6,8,11H2,1-2H3,(H,20,24)/t15-/m0/s1. The quantitative estimate of drug-likeness (QED) is 0.749. The Morgan fingerprint density at radius 3 is 3.12 bits per heavy atom. The van der Waals surface area contributed by atoms with Gasteiger partial charge in [0.25, 0.3) is 5.91 Å². The van der Waals surface area contributed by atoms with E-state index in [9.17, 15) is 4.79 Å². The summed E-state index contributed by atoms with van der Waals surface area (Å²) in [6, 6.07) is 8.22. The van der Waals surface area contributed by atoms with Crippen molar-refractivity contribution in [2.45, 2.75) is 32.4 Å². The second kappa shape index (κ2) is 6.37. The van der Waals surface area contributed by atoms with E-state index in [1.54, 1.807) is 7.11 Å². The maximum Gasteiger partial charge on any atom is 0.271 e. The van der Waals surface area contributed by atoms with Crippen molar-refractivity contribution < 1.29 is 9.53 Å². The monoisotopic (exact) mass is 338 g/mol. The lowest BCUT2D eigenvalue weighted by Gasteiger charge is -2.05. The van der Waals surface area contributed by atoms with Crippen LogP contribution in [0.25, 0.3) is 10.9 Å². The Labute approximate surface area is 146 Å². The molecule has 3 aromatic rings. The summed E-state index contributed by atoms with van der Waals surface area (Å²) in [5.41, 5.74) is 5.13. The predicted molar refractivity (Wildman–Crippen MR) is 95.8 cm³/mol. The summed E-state index contributed by atoms with van der Waals surface area (Å²) < 4.78 is 7.20. The van der Waals surface area contributed by atoms with Crippen molar-refractivity contribution in [1.29, 1.82) is 0 Å². The first kappa shape index (κ1) is 15.9. The summed E-state index contributed by atoms with van der Waals surface area (Å²) >= 11 is 0. The molecule has 6 heteroatoms. The molecule has 2 N–H and O–H groups in total. The minimum absolute atomic E-state index is 0.119. The molecule has 0 spiro atoms. The maximum atomic E-state index is 12.3. The Morgan fingerprint density at radius 1 is 1.44 bits per heavy atom. The number of methoxy groups -OCH3 is 1. The van der Waals surface area contributed by atoms with Crippen molar-refractivity contribution in [3.63, 3.8) is 0 Å². The number of benzene rings is 1. The summed E-state index contributed by atoms with van der Waals surface area (Å²) in [5.74, 6) is -0.119. The van der Waals surface area contributed by atoms with Crippen molar-refractivity contribution in [1.82, 2.24) is 20.1 Å². The zero-order valence-corrected chi connectivity index (χ0v) is 14.5. The Bertz CT molecular complexity index is 901. The van der Waals surface area contributed by atoms with E-state index in [1.165, 1.54) is 16.5 Å². The van der Waals surface area contributed by atoms with Crippen molar-refractivity contribution >= 4 is 16.8 Å². The summed E-state index contributed by atoms with van der Waals surface area (Å²) in [7, 11) is 1.71. The van der Waals surface area contributed by atoms with Crippen LogP contribution in [0.2, 0.25) is 0 Å². The van der Waals surface area contributed by atoms with E-state index in [0.717, 1.165) is 24.1 Å². The van der Waals surface area contributed by atoms with E-state index in [2.05, 4.69) is 40.5 Å². The van der Waals surface area contributed by atoms with Gasteiger partial charge >= 0.3 is 0 Å². The van der Waals surface area contributed by atoms with Gasteiger partial charge in [-0.2, -0.15) is 5.10 Å². The first-order valence-corrected chi connectivity index (χ1v) is 8.58. The largest absolute Gasteiger partial charge is 0.379 e. The zero-order valence-electron chi connectivity index (χ0n) is 14.5. The molecule has 4 rings (SSSR count). The smallest absolute Gasteiger partial charge is 0.271 e. The number of amides is 1. The second-order valence-corrected chi connectivity index (χ2v) is 6.63. The Hall–Kier alpha value is -2.60. The third-order valence-corrected chi connectivity index (χ3v) is 4.85. The Balaban J connectivity index is 1.37. The number of nitrogens with zero attached hydrogens (tertiary/aromatic N) is 2. The van der Waals surface area contributed by atoms with Gasteiger partial charge < -0.3 is 15.0 Å². The molecule has 0 bridgehead atoms. The van der Waals surface area contributed by atoms with Gasteiger partial charge in [-0.05, 0) is 37.1 Å². The van der Waals surface area contributed by atoms with Crippen molar-refractivity contribution in [3.05, 3.63) is 53.0 Å². The molecule has 0 unspecified atom stereocenters. The second-order valence-electron chi connectivity index (χ2n) is 6.63. The third kappa shape index (κ3) is 3.05. The number of aromatic nitrogens is 3. The number of carbonyl (C=O) groups excluding carboxylic acids is 1. The average molecular weight is 338 g/mol. The molecule has 1 aliphatic heterocycles. The van der Waals surface area contributed by atoms with Crippen LogP contribution < -0.4 is 5.32 Å². The number of hydrogen-bond acceptors (Lipinski definition) is 3. The molecule has 1 amide bonds. The van der Waals surface area contributed by atoms with Crippen LogP contribution in [0.3, 0.4) is 0 Å². The van der Waals surface area contributed by atoms with Crippen LogP contribution in [-0.2, 0) is 24.1 Å². The molecule has 6 nitrogen and oxygen atoms in total. The molecule has 25 heavy (non-hydrogen) atoms. The highest BCUT2D eigenvalue weighted by Gasteiger charge is 2.24. The number of fused-ring (bicyclic) bond motifs is 2. The van der Waals surface area contributed by atoms with Gasteiger partial charge in [0.15, 0.2) is 0 Å². The SMILES string of the molecule is CO[C@H]1Cc2cc(C(=O)NCCc3c[nH]c4ccc(C)cc34)nn2C1. The fraction of sp³-hybridized carbons (Fsp3) is 0.368. The van der Waals surface area contributed by atoms with Gasteiger partial charge in [-0.15, -0.1) is 0 Å². The first-order valence-electron chi connectivity index (χ1n) is 8.58. The Kier molecular flexibility index (Phi) is 4.05. The maximum absolute atomic E-state index is 12.3. The number of rotatable bonds is 5. The van der Waals surface area contributed by atoms with Crippen LogP contribution in [0.15, 0.2) is 30.5 Å². The molecule has 1 aromatic carbocycles. The molecule has 3 heterocycles. The van der Waals surface area contributed by atoms with Gasteiger partial charge in [-0.3, -0.25) is 9.48 Å². The number of hydrogen-bond donors (Lipinski definition) is 2. The molecule has 0 aliphatic carbocycles. The van der Waals surface area contributed by atoms with E-state index < -0.39 is 0 Å². The van der Waals surface area contributed by atoms with Gasteiger partial charge in [0.1, 0.15) is 5.69 Å². The zero-order chi connectivity index (χ0) is 17.4. The van der Waals surface area contributed by atoms with Crippen LogP contribution in [0.1, 0.15) is 27.3 Å². The molecular formula is C19H22N4O2. The average Bonchev–Trinajstić information content (AvgIpc) is 3.27. The molecule has 130 valence electrons. The highest BCUT2D eigenvalue weighted by Crippen LogP contribution is 2.20. The van der Waals surface area contributed by atoms with E-state index in [1.807, 2.05) is 16.9 Å². The number of nitrogens with one attached hydrogen (secondary N) is 2. The summed E-state index contributed by atoms with van der Waals surface area (Å²) in [6.07, 6.45) is 3.79. The molecule has 1 atom stereocenters. The summed E-state index contributed by atoms with van der Waals surface area (Å²) in [5, 5.41) is 8.58. The normalized spacial score (nSPS) is 16.3. The van der Waals surface area contributed by atoms with Gasteiger partial charge in [0, 0.05) is 42.9 Å². The third-order valence-electron chi connectivity index (χ3n) is 4.85. The van der Waals surface area contributed by atoms with Crippen molar-refractivity contribution in [2.24, 2.45) is 0 Å². The van der Waals surface area contributed by atoms with Gasteiger partial charge in [0.2, 0.25) is 0 Å². The van der Waals surface area contributed by atoms with Crippen LogP contribution in [0.4, 0.5) is 0 Å². The topological polar surface area (TPSA) is 71.9 Å². The first-order chi connectivity index (χ1) is 12.1. The van der Waals surface area contributed by atoms with Crippen LogP contribution in [-0.4, -0.2) is 40.4 Å². The number of aromatic amines is 1. The minimum atomic E-state index is -0.119. The number of H-pyrrole nitrogens is 1. The predicted octanol–water partition coefficient (Wildman–Crippen LogP) is 2.22. The number of aryl methyl sites for hydroxylation is 1. The number of carbonyl (C=O) groups is 1. The summed E-state index contributed by atoms with van der Waals surface area (Å²) in [6.45, 7) is 3.39. The molecular weight excluding hydrogens is 316 g/mol. The van der Waals surface area contributed by atoms with E-state index in [-0.39, 0.29) is 12.0 Å². The molecule has 0 radical (unpaired) electrons. The number of ether oxygens (including phenoxy) is 1. The van der Waals surface area contributed by atoms with Crippen molar-refractivity contribution in [2.75, 3.05) is 13.7 Å².